The summed E-state index contributed by atoms with van der Waals surface area (Å²) in [6.45, 7) is 5.85. The monoisotopic (exact) mass is 364 g/mol. The van der Waals surface area contributed by atoms with Crippen LogP contribution < -0.4 is 5.32 Å². The van der Waals surface area contributed by atoms with Crippen LogP contribution in [0.4, 0.5) is 13.2 Å². The number of nitrogens with zero attached hydrogens (tertiary/aromatic N) is 3. The predicted molar refractivity (Wildman–Crippen MR) is 92.6 cm³/mol. The fourth-order valence-corrected chi connectivity index (χ4v) is 4.13. The fraction of sp³-hybridized carbons (Fsp3) is 0.526. The topological polar surface area (TPSA) is 33.1 Å². The number of rotatable bonds is 4. The molecule has 1 atom stereocenters. The largest absolute Gasteiger partial charge is 0.416 e. The van der Waals surface area contributed by atoms with E-state index in [-0.39, 0.29) is 0 Å². The van der Waals surface area contributed by atoms with Crippen molar-refractivity contribution in [3.8, 4) is 0 Å². The van der Waals surface area contributed by atoms with Gasteiger partial charge in [-0.2, -0.15) is 18.3 Å². The highest BCUT2D eigenvalue weighted by atomic mass is 19.4. The molecule has 4 nitrogen and oxygen atoms in total. The summed E-state index contributed by atoms with van der Waals surface area (Å²) in [7, 11) is 0. The summed E-state index contributed by atoms with van der Waals surface area (Å²) in [6, 6.07) is 5.28. The summed E-state index contributed by atoms with van der Waals surface area (Å²) < 4.78 is 39.7. The molecular formula is C19H23F3N4. The molecule has 0 aliphatic carbocycles. The zero-order valence-corrected chi connectivity index (χ0v) is 14.6. The average molecular weight is 364 g/mol. The highest BCUT2D eigenvalue weighted by Gasteiger charge is 2.40. The van der Waals surface area contributed by atoms with Crippen molar-refractivity contribution in [3.05, 3.63) is 53.3 Å². The van der Waals surface area contributed by atoms with Gasteiger partial charge in [-0.05, 0) is 49.0 Å². The molecule has 26 heavy (non-hydrogen) atoms. The highest BCUT2D eigenvalue weighted by molar-refractivity contribution is 5.24. The van der Waals surface area contributed by atoms with Crippen LogP contribution in [0.5, 0.6) is 0 Å². The summed E-state index contributed by atoms with van der Waals surface area (Å²) in [5.74, 6) is 0. The van der Waals surface area contributed by atoms with Crippen LogP contribution in [0.2, 0.25) is 0 Å². The number of likely N-dealkylation sites (tertiary alicyclic amines) is 1. The molecule has 1 N–H and O–H groups in total. The van der Waals surface area contributed by atoms with Crippen LogP contribution in [0.3, 0.4) is 0 Å². The molecule has 0 radical (unpaired) electrons. The second-order valence-electron chi connectivity index (χ2n) is 7.63. The quantitative estimate of drug-likeness (QED) is 0.905. The minimum Gasteiger partial charge on any atom is -0.316 e. The lowest BCUT2D eigenvalue weighted by Crippen LogP contribution is -2.28. The zero-order chi connectivity index (χ0) is 18.2. The van der Waals surface area contributed by atoms with E-state index in [4.69, 9.17) is 0 Å². The molecule has 2 saturated heterocycles. The Hall–Kier alpha value is -1.86. The van der Waals surface area contributed by atoms with Crippen LogP contribution >= 0.6 is 0 Å². The van der Waals surface area contributed by atoms with Gasteiger partial charge in [0.25, 0.3) is 0 Å². The van der Waals surface area contributed by atoms with Gasteiger partial charge >= 0.3 is 6.18 Å². The minimum atomic E-state index is -4.29. The first-order valence-corrected chi connectivity index (χ1v) is 9.03. The van der Waals surface area contributed by atoms with Crippen molar-refractivity contribution in [3.63, 3.8) is 0 Å². The van der Waals surface area contributed by atoms with E-state index in [9.17, 15) is 13.2 Å². The van der Waals surface area contributed by atoms with Crippen molar-refractivity contribution < 1.29 is 13.2 Å². The predicted octanol–water partition coefficient (Wildman–Crippen LogP) is 3.14. The lowest BCUT2D eigenvalue weighted by atomic mass is 9.87. The number of hydrogen-bond acceptors (Lipinski definition) is 3. The van der Waals surface area contributed by atoms with Crippen molar-refractivity contribution in [1.82, 2.24) is 20.0 Å². The molecule has 1 aromatic carbocycles. The standard InChI is InChI=1S/C19H23F3N4/c20-19(21,22)17-3-1-15(2-4-17)11-26-12-16(9-24-26)10-25-8-6-18(14-25)5-7-23-13-18/h1-4,9,12,23H,5-8,10-11,13-14H2. The van der Waals surface area contributed by atoms with E-state index in [2.05, 4.69) is 15.3 Å². The molecule has 0 bridgehead atoms. The normalized spacial score (nSPS) is 24.0. The molecule has 1 aromatic heterocycles. The SMILES string of the molecule is FC(F)(F)c1ccc(Cn2cc(CN3CCC4(CCNC4)C3)cn2)cc1. The molecule has 2 aromatic rings. The Bertz CT molecular complexity index is 745. The van der Waals surface area contributed by atoms with Gasteiger partial charge in [-0.3, -0.25) is 9.58 Å². The molecule has 7 heteroatoms. The van der Waals surface area contributed by atoms with Crippen molar-refractivity contribution in [2.24, 2.45) is 5.41 Å². The number of hydrogen-bond donors (Lipinski definition) is 1. The Kier molecular flexibility index (Phi) is 4.52. The van der Waals surface area contributed by atoms with Crippen LogP contribution in [-0.2, 0) is 19.3 Å². The van der Waals surface area contributed by atoms with Crippen LogP contribution in [0.15, 0.2) is 36.7 Å². The van der Waals surface area contributed by atoms with Gasteiger partial charge in [0.15, 0.2) is 0 Å². The van der Waals surface area contributed by atoms with Crippen molar-refractivity contribution >= 4 is 0 Å². The van der Waals surface area contributed by atoms with E-state index >= 15 is 0 Å². The number of alkyl halides is 3. The van der Waals surface area contributed by atoms with Gasteiger partial charge in [0.1, 0.15) is 0 Å². The summed E-state index contributed by atoms with van der Waals surface area (Å²) in [5.41, 5.74) is 1.80. The molecule has 2 fully saturated rings. The van der Waals surface area contributed by atoms with Gasteiger partial charge in [0, 0.05) is 31.4 Å². The highest BCUT2D eigenvalue weighted by Crippen LogP contribution is 2.36. The maximum absolute atomic E-state index is 12.6. The summed E-state index contributed by atoms with van der Waals surface area (Å²) in [6.07, 6.45) is 2.08. The Morgan fingerprint density at radius 3 is 2.58 bits per heavy atom. The van der Waals surface area contributed by atoms with Crippen LogP contribution in [0.1, 0.15) is 29.5 Å². The van der Waals surface area contributed by atoms with E-state index < -0.39 is 11.7 Å². The number of nitrogens with one attached hydrogen (secondary N) is 1. The van der Waals surface area contributed by atoms with Crippen molar-refractivity contribution in [2.45, 2.75) is 32.1 Å². The van der Waals surface area contributed by atoms with E-state index in [0.717, 1.165) is 56.0 Å². The second kappa shape index (κ2) is 6.70. The number of benzene rings is 1. The first-order chi connectivity index (χ1) is 12.4. The molecule has 3 heterocycles. The third-order valence-electron chi connectivity index (χ3n) is 5.57. The third kappa shape index (κ3) is 3.78. The molecular weight excluding hydrogens is 341 g/mol. The lowest BCUT2D eigenvalue weighted by molar-refractivity contribution is -0.137. The van der Waals surface area contributed by atoms with Gasteiger partial charge in [0.2, 0.25) is 0 Å². The van der Waals surface area contributed by atoms with E-state index in [1.165, 1.54) is 25.0 Å². The molecule has 2 aliphatic heterocycles. The number of aromatic nitrogens is 2. The minimum absolute atomic E-state index is 0.455. The Balaban J connectivity index is 1.35. The second-order valence-corrected chi connectivity index (χ2v) is 7.63. The lowest BCUT2D eigenvalue weighted by Gasteiger charge is -2.22. The molecule has 140 valence electrons. The van der Waals surface area contributed by atoms with Gasteiger partial charge < -0.3 is 5.32 Å². The van der Waals surface area contributed by atoms with Gasteiger partial charge in [-0.25, -0.2) is 0 Å². The molecule has 4 rings (SSSR count). The molecule has 0 saturated carbocycles. The summed E-state index contributed by atoms with van der Waals surface area (Å²) >= 11 is 0. The Morgan fingerprint density at radius 2 is 1.88 bits per heavy atom. The summed E-state index contributed by atoms with van der Waals surface area (Å²) in [5, 5.41) is 7.84. The first kappa shape index (κ1) is 17.5. The third-order valence-corrected chi connectivity index (χ3v) is 5.57. The Morgan fingerprint density at radius 1 is 1.08 bits per heavy atom. The average Bonchev–Trinajstić information content (AvgIpc) is 3.32. The summed E-state index contributed by atoms with van der Waals surface area (Å²) in [4.78, 5) is 2.48. The van der Waals surface area contributed by atoms with Gasteiger partial charge in [0.05, 0.1) is 18.3 Å². The maximum Gasteiger partial charge on any atom is 0.416 e. The van der Waals surface area contributed by atoms with E-state index in [1.807, 2.05) is 12.4 Å². The molecule has 2 aliphatic rings. The van der Waals surface area contributed by atoms with Crippen LogP contribution in [0.25, 0.3) is 0 Å². The van der Waals surface area contributed by atoms with Crippen molar-refractivity contribution in [1.29, 1.82) is 0 Å². The molecule has 1 spiro atoms. The van der Waals surface area contributed by atoms with E-state index in [0.29, 0.717) is 12.0 Å². The van der Waals surface area contributed by atoms with Crippen LogP contribution in [-0.4, -0.2) is 40.9 Å². The van der Waals surface area contributed by atoms with Crippen molar-refractivity contribution in [2.75, 3.05) is 26.2 Å². The van der Waals surface area contributed by atoms with E-state index in [1.54, 1.807) is 4.68 Å². The number of halogens is 3. The Labute approximate surface area is 151 Å². The smallest absolute Gasteiger partial charge is 0.316 e. The van der Waals surface area contributed by atoms with Crippen LogP contribution in [0, 0.1) is 5.41 Å². The molecule has 1 unspecified atom stereocenters. The maximum atomic E-state index is 12.6. The zero-order valence-electron chi connectivity index (χ0n) is 14.6. The van der Waals surface area contributed by atoms with Gasteiger partial charge in [-0.15, -0.1) is 0 Å². The molecule has 0 amide bonds. The van der Waals surface area contributed by atoms with Gasteiger partial charge in [-0.1, -0.05) is 12.1 Å². The first-order valence-electron chi connectivity index (χ1n) is 9.03. The fourth-order valence-electron chi connectivity index (χ4n) is 4.13.